The molecule has 0 aliphatic carbocycles. The molecule has 1 aliphatic rings. The molecule has 1 aliphatic heterocycles. The molecule has 14 heteroatoms. The summed E-state index contributed by atoms with van der Waals surface area (Å²) in [4.78, 5) is 24.6. The zero-order valence-corrected chi connectivity index (χ0v) is 27.8. The molecule has 250 valence electrons. The lowest BCUT2D eigenvalue weighted by Gasteiger charge is -2.28. The molecule has 0 spiro atoms. The molecule has 0 fully saturated rings. The lowest BCUT2D eigenvalue weighted by atomic mass is 9.95. The predicted molar refractivity (Wildman–Crippen MR) is 177 cm³/mol. The SMILES string of the molecule is CCOc1cc([C@@H]2NC(=O)NC(C)=C2C(=O)OC)ccc1OC[C@@H](O)N/N=C\c1cc(Cl)c(OCc2ccc(Cl)cc2)c(OCC)c1. The quantitative estimate of drug-likeness (QED) is 0.0705. The third-order valence-electron chi connectivity index (χ3n) is 6.74. The topological polar surface area (TPSA) is 149 Å². The van der Waals surface area contributed by atoms with Gasteiger partial charge < -0.3 is 39.4 Å². The van der Waals surface area contributed by atoms with Gasteiger partial charge in [0.2, 0.25) is 0 Å². The first-order chi connectivity index (χ1) is 22.6. The van der Waals surface area contributed by atoms with Gasteiger partial charge in [-0.15, -0.1) is 0 Å². The Morgan fingerprint density at radius 1 is 1.00 bits per heavy atom. The van der Waals surface area contributed by atoms with Crippen LogP contribution >= 0.6 is 23.2 Å². The molecule has 0 bridgehead atoms. The van der Waals surface area contributed by atoms with E-state index < -0.39 is 24.3 Å². The van der Waals surface area contributed by atoms with E-state index in [1.165, 1.54) is 13.3 Å². The average Bonchev–Trinajstić information content (AvgIpc) is 3.04. The maximum Gasteiger partial charge on any atom is 0.337 e. The molecule has 4 rings (SSSR count). The first-order valence-corrected chi connectivity index (χ1v) is 15.4. The third-order valence-corrected chi connectivity index (χ3v) is 7.27. The van der Waals surface area contributed by atoms with Gasteiger partial charge in [0.15, 0.2) is 29.2 Å². The number of hydrazone groups is 1. The molecule has 2 atom stereocenters. The van der Waals surface area contributed by atoms with Crippen molar-refractivity contribution in [3.05, 3.63) is 92.6 Å². The van der Waals surface area contributed by atoms with Crippen LogP contribution in [0.4, 0.5) is 4.79 Å². The molecule has 3 aromatic rings. The number of nitrogens with one attached hydrogen (secondary N) is 3. The fourth-order valence-electron chi connectivity index (χ4n) is 4.62. The largest absolute Gasteiger partial charge is 0.490 e. The highest BCUT2D eigenvalue weighted by Gasteiger charge is 2.32. The molecule has 0 saturated heterocycles. The minimum Gasteiger partial charge on any atom is -0.490 e. The minimum atomic E-state index is -1.19. The number of hydrogen-bond donors (Lipinski definition) is 4. The lowest BCUT2D eigenvalue weighted by Crippen LogP contribution is -2.45. The molecule has 12 nitrogen and oxygen atoms in total. The number of carbonyl (C=O) groups excluding carboxylic acids is 2. The van der Waals surface area contributed by atoms with Crippen molar-refractivity contribution in [1.82, 2.24) is 16.1 Å². The molecule has 0 unspecified atom stereocenters. The second kappa shape index (κ2) is 16.8. The van der Waals surface area contributed by atoms with E-state index in [4.69, 9.17) is 46.9 Å². The van der Waals surface area contributed by atoms with Crippen LogP contribution in [0.2, 0.25) is 10.0 Å². The number of ether oxygens (including phenoxy) is 5. The van der Waals surface area contributed by atoms with Crippen molar-refractivity contribution < 1.29 is 38.4 Å². The monoisotopic (exact) mass is 686 g/mol. The van der Waals surface area contributed by atoms with Crippen LogP contribution in [0, 0.1) is 0 Å². The van der Waals surface area contributed by atoms with Gasteiger partial charge >= 0.3 is 12.0 Å². The van der Waals surface area contributed by atoms with Crippen LogP contribution < -0.4 is 35.0 Å². The number of allylic oxidation sites excluding steroid dienone is 1. The standard InChI is InChI=1S/C33H36Cl2N4O8/c1-5-44-26-15-22(30-29(32(41)43-4)19(3)37-33(42)38-30)9-12-25(26)46-18-28(40)39-36-16-21-13-24(35)31(27(14-21)45-6-2)47-17-20-7-10-23(34)11-8-20/h7-16,28,30,39-40H,5-6,17-18H2,1-4H3,(H2,37,38,42)/b36-16-/t28-,30+/m1/s1. The molecule has 2 amide bonds. The number of carbonyl (C=O) groups is 2. The Morgan fingerprint density at radius 2 is 1.72 bits per heavy atom. The van der Waals surface area contributed by atoms with E-state index in [2.05, 4.69) is 21.2 Å². The van der Waals surface area contributed by atoms with Crippen molar-refractivity contribution in [3.63, 3.8) is 0 Å². The first-order valence-electron chi connectivity index (χ1n) is 14.7. The molecule has 47 heavy (non-hydrogen) atoms. The van der Waals surface area contributed by atoms with E-state index in [1.807, 2.05) is 19.1 Å². The highest BCUT2D eigenvalue weighted by Crippen LogP contribution is 2.37. The van der Waals surface area contributed by atoms with Gasteiger partial charge in [-0.2, -0.15) is 5.10 Å². The number of halogens is 2. The molecular formula is C33H36Cl2N4O8. The van der Waals surface area contributed by atoms with E-state index in [-0.39, 0.29) is 18.8 Å². The van der Waals surface area contributed by atoms with Crippen molar-refractivity contribution >= 4 is 41.4 Å². The summed E-state index contributed by atoms with van der Waals surface area (Å²) in [6.45, 7) is 6.07. The van der Waals surface area contributed by atoms with Crippen molar-refractivity contribution in [2.24, 2.45) is 5.10 Å². The van der Waals surface area contributed by atoms with Crippen LogP contribution in [0.15, 0.2) is 71.0 Å². The molecular weight excluding hydrogens is 651 g/mol. The maximum atomic E-state index is 12.5. The summed E-state index contributed by atoms with van der Waals surface area (Å²) in [6.07, 6.45) is 0.285. The van der Waals surface area contributed by atoms with Gasteiger partial charge in [-0.05, 0) is 73.9 Å². The van der Waals surface area contributed by atoms with E-state index in [1.54, 1.807) is 56.3 Å². The number of nitrogens with zero attached hydrogens (tertiary/aromatic N) is 1. The van der Waals surface area contributed by atoms with E-state index in [9.17, 15) is 14.7 Å². The number of urea groups is 1. The number of amides is 2. The number of hydrogen-bond acceptors (Lipinski definition) is 10. The molecule has 1 heterocycles. The van der Waals surface area contributed by atoms with Crippen molar-refractivity contribution in [2.45, 2.75) is 39.6 Å². The Kier molecular flexibility index (Phi) is 12.6. The van der Waals surface area contributed by atoms with E-state index in [0.717, 1.165) is 5.56 Å². The van der Waals surface area contributed by atoms with Gasteiger partial charge in [-0.3, -0.25) is 5.43 Å². The smallest absolute Gasteiger partial charge is 0.337 e. The minimum absolute atomic E-state index is 0.185. The fraction of sp³-hybridized carbons (Fsp3) is 0.303. The van der Waals surface area contributed by atoms with Gasteiger partial charge in [0.25, 0.3) is 0 Å². The van der Waals surface area contributed by atoms with Gasteiger partial charge in [0, 0.05) is 10.7 Å². The molecule has 4 N–H and O–H groups in total. The molecule has 0 saturated carbocycles. The lowest BCUT2D eigenvalue weighted by molar-refractivity contribution is -0.136. The number of benzene rings is 3. The Hall–Kier alpha value is -4.65. The van der Waals surface area contributed by atoms with Crippen LogP contribution in [0.3, 0.4) is 0 Å². The summed E-state index contributed by atoms with van der Waals surface area (Å²) in [6, 6.07) is 14.4. The summed E-state index contributed by atoms with van der Waals surface area (Å²) in [7, 11) is 1.27. The number of esters is 1. The Morgan fingerprint density at radius 3 is 2.43 bits per heavy atom. The zero-order chi connectivity index (χ0) is 33.9. The fourth-order valence-corrected chi connectivity index (χ4v) is 5.02. The zero-order valence-electron chi connectivity index (χ0n) is 26.3. The van der Waals surface area contributed by atoms with Crippen molar-refractivity contribution in [2.75, 3.05) is 26.9 Å². The summed E-state index contributed by atoms with van der Waals surface area (Å²) in [5, 5.41) is 20.9. The Bertz CT molecular complexity index is 1630. The van der Waals surface area contributed by atoms with Gasteiger partial charge in [0.05, 0.1) is 43.2 Å². The predicted octanol–water partition coefficient (Wildman–Crippen LogP) is 5.49. The Balaban J connectivity index is 1.40. The van der Waals surface area contributed by atoms with Gasteiger partial charge in [0.1, 0.15) is 13.2 Å². The van der Waals surface area contributed by atoms with Crippen LogP contribution in [0.25, 0.3) is 0 Å². The molecule has 3 aromatic carbocycles. The summed E-state index contributed by atoms with van der Waals surface area (Å²) in [5.41, 5.74) is 5.34. The second-order valence-electron chi connectivity index (χ2n) is 10.1. The molecule has 0 aromatic heterocycles. The number of aliphatic hydroxyl groups excluding tert-OH is 1. The maximum absolute atomic E-state index is 12.5. The van der Waals surface area contributed by atoms with Crippen LogP contribution in [0.1, 0.15) is 43.5 Å². The first kappa shape index (κ1) is 35.2. The highest BCUT2D eigenvalue weighted by atomic mass is 35.5. The van der Waals surface area contributed by atoms with Crippen molar-refractivity contribution in [3.8, 4) is 23.0 Å². The summed E-state index contributed by atoms with van der Waals surface area (Å²) in [5.74, 6) is 0.950. The van der Waals surface area contributed by atoms with Crippen LogP contribution in [-0.2, 0) is 16.1 Å². The average molecular weight is 688 g/mol. The summed E-state index contributed by atoms with van der Waals surface area (Å²) >= 11 is 12.5. The third kappa shape index (κ3) is 9.44. The van der Waals surface area contributed by atoms with E-state index >= 15 is 0 Å². The highest BCUT2D eigenvalue weighted by molar-refractivity contribution is 6.32. The number of aliphatic hydroxyl groups is 1. The molecule has 0 radical (unpaired) electrons. The number of methoxy groups -OCH3 is 1. The summed E-state index contributed by atoms with van der Waals surface area (Å²) < 4.78 is 28.2. The van der Waals surface area contributed by atoms with Gasteiger partial charge in [-0.25, -0.2) is 9.59 Å². The van der Waals surface area contributed by atoms with Crippen LogP contribution in [0.5, 0.6) is 23.0 Å². The second-order valence-corrected chi connectivity index (χ2v) is 10.9. The van der Waals surface area contributed by atoms with Gasteiger partial charge in [-0.1, -0.05) is 41.4 Å². The van der Waals surface area contributed by atoms with E-state index in [0.29, 0.717) is 63.1 Å². The number of rotatable bonds is 15. The van der Waals surface area contributed by atoms with Crippen LogP contribution in [-0.4, -0.2) is 56.5 Å². The van der Waals surface area contributed by atoms with Crippen molar-refractivity contribution in [1.29, 1.82) is 0 Å². The Labute approximate surface area is 282 Å². The normalized spacial score (nSPS) is 15.0.